The molecule has 5 heterocycles. The number of imide groups is 1. The van der Waals surface area contributed by atoms with E-state index in [1.807, 2.05) is 30.3 Å². The van der Waals surface area contributed by atoms with Crippen LogP contribution in [0.4, 0.5) is 0 Å². The van der Waals surface area contributed by atoms with E-state index in [9.17, 15) is 19.5 Å². The van der Waals surface area contributed by atoms with E-state index in [2.05, 4.69) is 27.8 Å². The molecule has 4 aliphatic heterocycles. The first-order valence-electron chi connectivity index (χ1n) is 12.9. The first kappa shape index (κ1) is 23.8. The summed E-state index contributed by atoms with van der Waals surface area (Å²) < 4.78 is 2.12. The predicted molar refractivity (Wildman–Crippen MR) is 130 cm³/mol. The second-order valence-corrected chi connectivity index (χ2v) is 10.8. The van der Waals surface area contributed by atoms with E-state index in [1.165, 1.54) is 0 Å². The highest BCUT2D eigenvalue weighted by atomic mass is 16.3. The first-order valence-corrected chi connectivity index (χ1v) is 12.9. The molecule has 9 nitrogen and oxygen atoms in total. The van der Waals surface area contributed by atoms with Crippen molar-refractivity contribution in [3.63, 3.8) is 0 Å². The average molecular weight is 501 g/mol. The molecular formula is C28H30N5O4+. The van der Waals surface area contributed by atoms with E-state index >= 15 is 0 Å². The fourth-order valence-electron chi connectivity index (χ4n) is 6.87. The molecule has 2 saturated heterocycles. The van der Waals surface area contributed by atoms with Crippen LogP contribution in [0.2, 0.25) is 0 Å². The van der Waals surface area contributed by atoms with Gasteiger partial charge in [0, 0.05) is 32.1 Å². The van der Waals surface area contributed by atoms with Gasteiger partial charge in [-0.3, -0.25) is 24.6 Å². The van der Waals surface area contributed by atoms with Gasteiger partial charge in [0.25, 0.3) is 5.91 Å². The minimum absolute atomic E-state index is 0.199. The molecule has 190 valence electrons. The molecule has 4 aliphatic rings. The van der Waals surface area contributed by atoms with Crippen molar-refractivity contribution in [2.24, 2.45) is 5.41 Å². The average Bonchev–Trinajstić information content (AvgIpc) is 3.36. The van der Waals surface area contributed by atoms with E-state index in [0.29, 0.717) is 43.6 Å². The molecule has 1 aromatic heterocycles. The Morgan fingerprint density at radius 3 is 2.68 bits per heavy atom. The highest BCUT2D eigenvalue weighted by Gasteiger charge is 2.65. The predicted octanol–water partition coefficient (Wildman–Crippen LogP) is 1.11. The minimum Gasteiger partial charge on any atom is -0.378 e. The number of nitriles is 1. The fraction of sp³-hybridized carbons (Fsp3) is 0.464. The smallest absolute Gasteiger partial charge is 0.261 e. The number of aromatic nitrogens is 1. The van der Waals surface area contributed by atoms with E-state index in [1.54, 1.807) is 11.0 Å². The number of piperidine rings is 2. The van der Waals surface area contributed by atoms with Crippen LogP contribution in [0.25, 0.3) is 0 Å². The lowest BCUT2D eigenvalue weighted by Crippen LogP contribution is -2.56. The van der Waals surface area contributed by atoms with Gasteiger partial charge in [0.15, 0.2) is 12.1 Å². The molecule has 6 rings (SSSR count). The Bertz CT molecular complexity index is 1370. The van der Waals surface area contributed by atoms with Gasteiger partial charge in [-0.25, -0.2) is 0 Å². The van der Waals surface area contributed by atoms with Gasteiger partial charge in [-0.2, -0.15) is 9.83 Å². The van der Waals surface area contributed by atoms with Crippen molar-refractivity contribution in [1.82, 2.24) is 15.1 Å². The number of fused-ring (bicyclic) bond motifs is 5. The molecule has 2 N–H and O–H groups in total. The molecule has 9 heteroatoms. The number of benzene rings is 1. The summed E-state index contributed by atoms with van der Waals surface area (Å²) in [6.45, 7) is 5.18. The third kappa shape index (κ3) is 3.50. The van der Waals surface area contributed by atoms with Crippen molar-refractivity contribution in [2.45, 2.75) is 63.9 Å². The zero-order chi connectivity index (χ0) is 25.9. The second-order valence-electron chi connectivity index (χ2n) is 10.8. The van der Waals surface area contributed by atoms with Crippen molar-refractivity contribution in [3.8, 4) is 6.07 Å². The van der Waals surface area contributed by atoms with E-state index < -0.39 is 23.0 Å². The van der Waals surface area contributed by atoms with Gasteiger partial charge in [-0.15, -0.1) is 0 Å². The Labute approximate surface area is 215 Å². The number of likely N-dealkylation sites (tertiary alicyclic amines) is 1. The summed E-state index contributed by atoms with van der Waals surface area (Å²) >= 11 is 0. The number of nitrogens with one attached hydrogen (secondary N) is 1. The molecule has 0 radical (unpaired) electrons. The van der Waals surface area contributed by atoms with Gasteiger partial charge < -0.3 is 10.0 Å². The maximum absolute atomic E-state index is 13.3. The molecule has 2 fully saturated rings. The lowest BCUT2D eigenvalue weighted by atomic mass is 9.66. The molecule has 0 bridgehead atoms. The van der Waals surface area contributed by atoms with Crippen molar-refractivity contribution < 1.29 is 24.1 Å². The zero-order valence-corrected chi connectivity index (χ0v) is 20.9. The maximum Gasteiger partial charge on any atom is 0.261 e. The standard InChI is InChI=1S/C28H29N5O4/c1-2-27-16-31(14-19-5-3-18(13-29)4-6-19)12-11-28(27,37)23-9-7-20-22(33(23)17-27)15-32(26(20)36)21-8-10-24(34)30-25(21)35/h3-7,9,21,37H,2,8,10-12,14-17H2,1H3/p+1/t21?,27?,28-/m0/s1. The topological polar surface area (TPSA) is 118 Å². The Hall–Kier alpha value is -3.61. The lowest BCUT2D eigenvalue weighted by Gasteiger charge is -2.46. The summed E-state index contributed by atoms with van der Waals surface area (Å²) in [6, 6.07) is 12.8. The number of aliphatic hydroxyl groups is 1. The zero-order valence-electron chi connectivity index (χ0n) is 20.9. The SMILES string of the molecule is CCC12CN(Cc3ccc(C#N)cc3)CC[C@]1(O)c1ccc3c([n+]1C2)CN(C1CCC(=O)NC1=O)C3=O. The van der Waals surface area contributed by atoms with Crippen LogP contribution in [0.5, 0.6) is 0 Å². The summed E-state index contributed by atoms with van der Waals surface area (Å²) in [5.74, 6) is -0.924. The normalized spacial score (nSPS) is 28.9. The van der Waals surface area contributed by atoms with Crippen LogP contribution >= 0.6 is 0 Å². The lowest BCUT2D eigenvalue weighted by molar-refractivity contribution is -0.706. The van der Waals surface area contributed by atoms with Gasteiger partial charge >= 0.3 is 0 Å². The van der Waals surface area contributed by atoms with Crippen LogP contribution in [0.15, 0.2) is 36.4 Å². The molecule has 2 unspecified atom stereocenters. The number of carbonyl (C=O) groups is 3. The monoisotopic (exact) mass is 500 g/mol. The summed E-state index contributed by atoms with van der Waals surface area (Å²) in [5, 5.41) is 23.6. The van der Waals surface area contributed by atoms with Crippen LogP contribution in [0.3, 0.4) is 0 Å². The Balaban J connectivity index is 1.28. The van der Waals surface area contributed by atoms with Gasteiger partial charge in [-0.1, -0.05) is 19.1 Å². The Kier molecular flexibility index (Phi) is 5.44. The number of hydrogen-bond donors (Lipinski definition) is 2. The highest BCUT2D eigenvalue weighted by molar-refractivity contribution is 6.05. The van der Waals surface area contributed by atoms with Gasteiger partial charge in [-0.05, 0) is 43.0 Å². The molecule has 37 heavy (non-hydrogen) atoms. The van der Waals surface area contributed by atoms with E-state index in [0.717, 1.165) is 36.5 Å². The fourth-order valence-corrected chi connectivity index (χ4v) is 6.87. The summed E-state index contributed by atoms with van der Waals surface area (Å²) in [5.41, 5.74) is 2.58. The van der Waals surface area contributed by atoms with Crippen LogP contribution in [-0.2, 0) is 34.8 Å². The van der Waals surface area contributed by atoms with Gasteiger partial charge in [0.1, 0.15) is 18.2 Å². The molecule has 3 amide bonds. The van der Waals surface area contributed by atoms with Crippen LogP contribution in [0, 0.1) is 16.7 Å². The summed E-state index contributed by atoms with van der Waals surface area (Å²) in [6.07, 6.45) is 1.90. The molecule has 1 aromatic carbocycles. The summed E-state index contributed by atoms with van der Waals surface area (Å²) in [7, 11) is 0. The number of nitrogens with zero attached hydrogens (tertiary/aromatic N) is 4. The summed E-state index contributed by atoms with van der Waals surface area (Å²) in [4.78, 5) is 41.4. The number of carbonyl (C=O) groups excluding carboxylic acids is 3. The van der Waals surface area contributed by atoms with Crippen molar-refractivity contribution >= 4 is 17.7 Å². The maximum atomic E-state index is 13.3. The van der Waals surface area contributed by atoms with Crippen molar-refractivity contribution in [3.05, 3.63) is 64.5 Å². The molecule has 0 saturated carbocycles. The van der Waals surface area contributed by atoms with Crippen molar-refractivity contribution in [1.29, 1.82) is 5.26 Å². The third-order valence-electron chi connectivity index (χ3n) is 8.98. The van der Waals surface area contributed by atoms with Gasteiger partial charge in [0.05, 0.1) is 17.0 Å². The molecule has 0 spiro atoms. The van der Waals surface area contributed by atoms with Gasteiger partial charge in [0.2, 0.25) is 23.2 Å². The number of amides is 3. The quantitative estimate of drug-likeness (QED) is 0.480. The molecule has 3 atom stereocenters. The minimum atomic E-state index is -1.01. The van der Waals surface area contributed by atoms with Crippen LogP contribution < -0.4 is 9.88 Å². The molecule has 2 aromatic rings. The Morgan fingerprint density at radius 2 is 1.97 bits per heavy atom. The molecule has 0 aliphatic carbocycles. The van der Waals surface area contributed by atoms with Crippen LogP contribution in [-0.4, -0.2) is 51.8 Å². The van der Waals surface area contributed by atoms with Crippen molar-refractivity contribution in [2.75, 3.05) is 13.1 Å². The van der Waals surface area contributed by atoms with Crippen LogP contribution in [0.1, 0.15) is 65.5 Å². The largest absolute Gasteiger partial charge is 0.378 e. The Morgan fingerprint density at radius 1 is 1.19 bits per heavy atom. The second kappa shape index (κ2) is 8.47. The number of hydrogen-bond acceptors (Lipinski definition) is 6. The van der Waals surface area contributed by atoms with E-state index in [-0.39, 0.29) is 18.2 Å². The number of rotatable bonds is 4. The van der Waals surface area contributed by atoms with E-state index in [4.69, 9.17) is 5.26 Å². The first-order chi connectivity index (χ1) is 17.8. The molecular weight excluding hydrogens is 470 g/mol. The third-order valence-corrected chi connectivity index (χ3v) is 8.98. The number of pyridine rings is 1. The highest BCUT2D eigenvalue weighted by Crippen LogP contribution is 2.52.